The van der Waals surface area contributed by atoms with Crippen molar-refractivity contribution in [1.82, 2.24) is 5.32 Å². The van der Waals surface area contributed by atoms with Crippen LogP contribution in [-0.2, 0) is 4.74 Å². The second kappa shape index (κ2) is 7.93. The van der Waals surface area contributed by atoms with E-state index in [-0.39, 0.29) is 0 Å². The predicted octanol–water partition coefficient (Wildman–Crippen LogP) is 4.14. The molecule has 1 aliphatic heterocycles. The molecule has 2 atom stereocenters. The first-order valence-corrected chi connectivity index (χ1v) is 8.16. The van der Waals surface area contributed by atoms with Gasteiger partial charge in [-0.25, -0.2) is 0 Å². The lowest BCUT2D eigenvalue weighted by Crippen LogP contribution is -2.25. The molecule has 2 nitrogen and oxygen atoms in total. The lowest BCUT2D eigenvalue weighted by molar-refractivity contribution is 0.00860. The number of hydrogen-bond acceptors (Lipinski definition) is 3. The minimum atomic E-state index is 0.504. The van der Waals surface area contributed by atoms with Gasteiger partial charge >= 0.3 is 0 Å². The standard InChI is InChI=1S/C15H25NOS/c1-2-10-16-14(15-7-5-12-18-15)9-8-13-6-3-4-11-17-13/h5,7,12-14,16H,2-4,6,8-11H2,1H3. The molecule has 0 aromatic carbocycles. The van der Waals surface area contributed by atoms with Crippen molar-refractivity contribution in [3.05, 3.63) is 22.4 Å². The zero-order valence-electron chi connectivity index (χ0n) is 11.4. The molecule has 0 amide bonds. The normalized spacial score (nSPS) is 21.9. The van der Waals surface area contributed by atoms with E-state index in [0.29, 0.717) is 12.1 Å². The molecule has 1 saturated heterocycles. The van der Waals surface area contributed by atoms with Gasteiger partial charge in [0.1, 0.15) is 0 Å². The summed E-state index contributed by atoms with van der Waals surface area (Å²) in [6.45, 7) is 4.30. The molecule has 0 saturated carbocycles. The molecule has 2 heterocycles. The average molecular weight is 267 g/mol. The van der Waals surface area contributed by atoms with Gasteiger partial charge in [0.2, 0.25) is 0 Å². The summed E-state index contributed by atoms with van der Waals surface area (Å²) in [7, 11) is 0. The first kappa shape index (κ1) is 14.0. The first-order valence-electron chi connectivity index (χ1n) is 7.28. The van der Waals surface area contributed by atoms with Gasteiger partial charge in [0.15, 0.2) is 0 Å². The summed E-state index contributed by atoms with van der Waals surface area (Å²) in [5, 5.41) is 5.84. The molecule has 0 bridgehead atoms. The fourth-order valence-corrected chi connectivity index (χ4v) is 3.38. The van der Waals surface area contributed by atoms with Crippen LogP contribution in [0.4, 0.5) is 0 Å². The largest absolute Gasteiger partial charge is 0.378 e. The number of nitrogens with one attached hydrogen (secondary N) is 1. The molecule has 1 aromatic rings. The van der Waals surface area contributed by atoms with Gasteiger partial charge in [-0.1, -0.05) is 13.0 Å². The Balaban J connectivity index is 1.80. The van der Waals surface area contributed by atoms with Crippen LogP contribution in [-0.4, -0.2) is 19.3 Å². The molecule has 2 unspecified atom stereocenters. The number of thiophene rings is 1. The van der Waals surface area contributed by atoms with Crippen LogP contribution in [0.5, 0.6) is 0 Å². The van der Waals surface area contributed by atoms with Crippen molar-refractivity contribution >= 4 is 11.3 Å². The van der Waals surface area contributed by atoms with Crippen molar-refractivity contribution in [2.45, 2.75) is 57.6 Å². The smallest absolute Gasteiger partial charge is 0.0575 e. The maximum atomic E-state index is 5.83. The van der Waals surface area contributed by atoms with E-state index in [1.54, 1.807) is 0 Å². The fourth-order valence-electron chi connectivity index (χ4n) is 2.54. The summed E-state index contributed by atoms with van der Waals surface area (Å²) in [5.41, 5.74) is 0. The molecule has 0 radical (unpaired) electrons. The van der Waals surface area contributed by atoms with Crippen molar-refractivity contribution in [2.75, 3.05) is 13.2 Å². The number of rotatable bonds is 7. The molecule has 2 rings (SSSR count). The molecule has 18 heavy (non-hydrogen) atoms. The van der Waals surface area contributed by atoms with Gasteiger partial charge in [0.05, 0.1) is 6.10 Å². The maximum Gasteiger partial charge on any atom is 0.0575 e. The van der Waals surface area contributed by atoms with Crippen LogP contribution in [0.25, 0.3) is 0 Å². The highest BCUT2D eigenvalue weighted by atomic mass is 32.1. The van der Waals surface area contributed by atoms with Crippen LogP contribution in [0.15, 0.2) is 17.5 Å². The Bertz CT molecular complexity index is 306. The SMILES string of the molecule is CCCNC(CCC1CCCCO1)c1cccs1. The zero-order valence-corrected chi connectivity index (χ0v) is 12.2. The van der Waals surface area contributed by atoms with E-state index in [0.717, 1.165) is 13.2 Å². The molecule has 102 valence electrons. The van der Waals surface area contributed by atoms with E-state index in [2.05, 4.69) is 29.8 Å². The maximum absolute atomic E-state index is 5.83. The molecule has 1 N–H and O–H groups in total. The second-order valence-corrected chi connectivity index (χ2v) is 6.07. The monoisotopic (exact) mass is 267 g/mol. The summed E-state index contributed by atoms with van der Waals surface area (Å²) >= 11 is 1.86. The molecule has 0 spiro atoms. The Labute approximate surface area is 115 Å². The molecular formula is C15H25NOS. The van der Waals surface area contributed by atoms with E-state index in [4.69, 9.17) is 4.74 Å². The summed E-state index contributed by atoms with van der Waals surface area (Å²) in [6.07, 6.45) is 7.94. The van der Waals surface area contributed by atoms with Crippen LogP contribution < -0.4 is 5.32 Å². The van der Waals surface area contributed by atoms with Gasteiger partial charge in [-0.3, -0.25) is 0 Å². The fraction of sp³-hybridized carbons (Fsp3) is 0.733. The minimum absolute atomic E-state index is 0.504. The third-order valence-electron chi connectivity index (χ3n) is 3.58. The predicted molar refractivity (Wildman–Crippen MR) is 78.2 cm³/mol. The van der Waals surface area contributed by atoms with Crippen LogP contribution in [0.3, 0.4) is 0 Å². The zero-order chi connectivity index (χ0) is 12.6. The third kappa shape index (κ3) is 4.38. The van der Waals surface area contributed by atoms with Crippen LogP contribution in [0, 0.1) is 0 Å². The van der Waals surface area contributed by atoms with E-state index in [9.17, 15) is 0 Å². The van der Waals surface area contributed by atoms with E-state index < -0.39 is 0 Å². The lowest BCUT2D eigenvalue weighted by atomic mass is 10.0. The summed E-state index contributed by atoms with van der Waals surface area (Å²) < 4.78 is 5.83. The van der Waals surface area contributed by atoms with Gasteiger partial charge in [-0.15, -0.1) is 11.3 Å². The van der Waals surface area contributed by atoms with Crippen LogP contribution >= 0.6 is 11.3 Å². The average Bonchev–Trinajstić information content (AvgIpc) is 2.94. The summed E-state index contributed by atoms with van der Waals surface area (Å²) in [6, 6.07) is 4.92. The third-order valence-corrected chi connectivity index (χ3v) is 4.56. The highest BCUT2D eigenvalue weighted by Crippen LogP contribution is 2.26. The topological polar surface area (TPSA) is 21.3 Å². The number of hydrogen-bond donors (Lipinski definition) is 1. The molecule has 1 aliphatic rings. The minimum Gasteiger partial charge on any atom is -0.378 e. The highest BCUT2D eigenvalue weighted by Gasteiger charge is 2.17. The molecule has 0 aliphatic carbocycles. The summed E-state index contributed by atoms with van der Waals surface area (Å²) in [5.74, 6) is 0. The second-order valence-electron chi connectivity index (χ2n) is 5.09. The van der Waals surface area contributed by atoms with Gasteiger partial charge in [0.25, 0.3) is 0 Å². The first-order chi connectivity index (χ1) is 8.90. The molecular weight excluding hydrogens is 242 g/mol. The van der Waals surface area contributed by atoms with Gasteiger partial charge in [-0.2, -0.15) is 0 Å². The van der Waals surface area contributed by atoms with Crippen molar-refractivity contribution in [3.8, 4) is 0 Å². The van der Waals surface area contributed by atoms with E-state index in [1.165, 1.54) is 43.4 Å². The van der Waals surface area contributed by atoms with Crippen molar-refractivity contribution in [1.29, 1.82) is 0 Å². The Morgan fingerprint density at radius 2 is 2.44 bits per heavy atom. The van der Waals surface area contributed by atoms with E-state index in [1.807, 2.05) is 11.3 Å². The van der Waals surface area contributed by atoms with Crippen molar-refractivity contribution in [3.63, 3.8) is 0 Å². The Morgan fingerprint density at radius 1 is 1.50 bits per heavy atom. The van der Waals surface area contributed by atoms with Gasteiger partial charge in [0, 0.05) is 17.5 Å². The Hall–Kier alpha value is -0.380. The van der Waals surface area contributed by atoms with Gasteiger partial charge < -0.3 is 10.1 Å². The molecule has 3 heteroatoms. The van der Waals surface area contributed by atoms with E-state index >= 15 is 0 Å². The van der Waals surface area contributed by atoms with Crippen LogP contribution in [0.1, 0.15) is 56.4 Å². The van der Waals surface area contributed by atoms with Crippen molar-refractivity contribution < 1.29 is 4.74 Å². The van der Waals surface area contributed by atoms with Crippen molar-refractivity contribution in [2.24, 2.45) is 0 Å². The Morgan fingerprint density at radius 3 is 3.11 bits per heavy atom. The lowest BCUT2D eigenvalue weighted by Gasteiger charge is -2.25. The summed E-state index contributed by atoms with van der Waals surface area (Å²) in [4.78, 5) is 1.47. The quantitative estimate of drug-likeness (QED) is 0.801. The van der Waals surface area contributed by atoms with Gasteiger partial charge in [-0.05, 0) is 56.5 Å². The molecule has 1 fully saturated rings. The highest BCUT2D eigenvalue weighted by molar-refractivity contribution is 7.10. The van der Waals surface area contributed by atoms with Crippen LogP contribution in [0.2, 0.25) is 0 Å². The Kier molecular flexibility index (Phi) is 6.18. The molecule has 1 aromatic heterocycles. The number of ether oxygens (including phenoxy) is 1.